The summed E-state index contributed by atoms with van der Waals surface area (Å²) in [5.41, 5.74) is 0. The molecule has 21 heavy (non-hydrogen) atoms. The molecule has 2 nitrogen and oxygen atoms in total. The molecule has 0 heterocycles. The van der Waals surface area contributed by atoms with Crippen LogP contribution in [0.4, 0.5) is 43.9 Å². The second-order valence-electron chi connectivity index (χ2n) is 3.86. The second kappa shape index (κ2) is 6.99. The minimum Gasteiger partial charge on any atom is -0.375 e. The van der Waals surface area contributed by atoms with Gasteiger partial charge in [0, 0.05) is 13.2 Å². The highest BCUT2D eigenvalue weighted by atomic mass is 19.4. The van der Waals surface area contributed by atoms with Gasteiger partial charge >= 0.3 is 24.2 Å². The van der Waals surface area contributed by atoms with Crippen LogP contribution in [0.15, 0.2) is 0 Å². The van der Waals surface area contributed by atoms with Gasteiger partial charge in [-0.25, -0.2) is 0 Å². The Morgan fingerprint density at radius 2 is 0.810 bits per heavy atom. The minimum absolute atomic E-state index is 0.429. The van der Waals surface area contributed by atoms with E-state index in [-0.39, 0.29) is 0 Å². The van der Waals surface area contributed by atoms with Gasteiger partial charge in [0.05, 0.1) is 0 Å². The van der Waals surface area contributed by atoms with Crippen molar-refractivity contribution in [3.05, 3.63) is 0 Å². The molecule has 0 aromatic heterocycles. The van der Waals surface area contributed by atoms with Gasteiger partial charge in [-0.2, -0.15) is 43.9 Å². The minimum atomic E-state index is -5.79. The number of hydrogen-bond donors (Lipinski definition) is 0. The van der Waals surface area contributed by atoms with Crippen molar-refractivity contribution in [2.75, 3.05) is 26.4 Å². The highest BCUT2D eigenvalue weighted by molar-refractivity contribution is 4.75. The second-order valence-corrected chi connectivity index (χ2v) is 3.86. The Morgan fingerprint density at radius 1 is 0.524 bits per heavy atom. The van der Waals surface area contributed by atoms with Crippen molar-refractivity contribution >= 4 is 0 Å². The fourth-order valence-electron chi connectivity index (χ4n) is 0.827. The van der Waals surface area contributed by atoms with E-state index >= 15 is 0 Å². The summed E-state index contributed by atoms with van der Waals surface area (Å²) in [5, 5.41) is 0. The van der Waals surface area contributed by atoms with E-state index in [0.29, 0.717) is 0 Å². The quantitative estimate of drug-likeness (QED) is 0.494. The molecule has 128 valence electrons. The van der Waals surface area contributed by atoms with Crippen LogP contribution in [0, 0.1) is 0 Å². The molecule has 0 aliphatic heterocycles. The van der Waals surface area contributed by atoms with Crippen molar-refractivity contribution < 1.29 is 53.4 Å². The van der Waals surface area contributed by atoms with Crippen molar-refractivity contribution in [2.24, 2.45) is 0 Å². The van der Waals surface area contributed by atoms with Crippen LogP contribution in [0.25, 0.3) is 0 Å². The molecule has 0 aliphatic carbocycles. The molecule has 0 N–H and O–H groups in total. The number of hydrogen-bond acceptors (Lipinski definition) is 2. The van der Waals surface area contributed by atoms with Crippen molar-refractivity contribution in [1.82, 2.24) is 0 Å². The van der Waals surface area contributed by atoms with E-state index in [1.807, 2.05) is 0 Å². The summed E-state index contributed by atoms with van der Waals surface area (Å²) < 4.78 is 127. The van der Waals surface area contributed by atoms with Gasteiger partial charge in [0.1, 0.15) is 13.2 Å². The molecule has 0 unspecified atom stereocenters. The normalized spacial score (nSPS) is 14.6. The molecule has 0 spiro atoms. The Kier molecular flexibility index (Phi) is 6.73. The topological polar surface area (TPSA) is 18.5 Å². The third kappa shape index (κ3) is 6.68. The van der Waals surface area contributed by atoms with E-state index in [1.165, 1.54) is 0 Å². The Labute approximate surface area is 112 Å². The molecule has 0 aromatic rings. The highest BCUT2D eigenvalue weighted by Crippen LogP contribution is 2.36. The molecule has 0 saturated carbocycles. The van der Waals surface area contributed by atoms with Crippen LogP contribution in [0.2, 0.25) is 0 Å². The van der Waals surface area contributed by atoms with Crippen LogP contribution < -0.4 is 0 Å². The summed E-state index contributed by atoms with van der Waals surface area (Å²) in [6.07, 6.45) is -12.0. The molecule has 0 amide bonds. The van der Waals surface area contributed by atoms with Gasteiger partial charge in [-0.3, -0.25) is 0 Å². The summed E-state index contributed by atoms with van der Waals surface area (Å²) in [4.78, 5) is 0. The predicted molar refractivity (Wildman–Crippen MR) is 48.3 cm³/mol. The highest BCUT2D eigenvalue weighted by Gasteiger charge is 2.58. The van der Waals surface area contributed by atoms with Crippen molar-refractivity contribution in [2.45, 2.75) is 30.6 Å². The van der Waals surface area contributed by atoms with Gasteiger partial charge in [-0.15, -0.1) is 0 Å². The first-order valence-corrected chi connectivity index (χ1v) is 5.25. The summed E-state index contributed by atoms with van der Waals surface area (Å²) in [6, 6.07) is 0. The molecule has 0 fully saturated rings. The van der Waals surface area contributed by atoms with Crippen molar-refractivity contribution in [1.29, 1.82) is 0 Å². The van der Waals surface area contributed by atoms with Gasteiger partial charge in [0.2, 0.25) is 0 Å². The molecular weight excluding hydrogens is 330 g/mol. The Morgan fingerprint density at radius 3 is 1.05 bits per heavy atom. The maximum atomic E-state index is 12.3. The first-order chi connectivity index (χ1) is 9.21. The average Bonchev–Trinajstić information content (AvgIpc) is 2.24. The third-order valence-electron chi connectivity index (χ3n) is 1.97. The molecular formula is C9H10F10O2. The molecule has 0 aliphatic rings. The van der Waals surface area contributed by atoms with Gasteiger partial charge < -0.3 is 9.47 Å². The summed E-state index contributed by atoms with van der Waals surface area (Å²) in [5.74, 6) is -10.1. The smallest absolute Gasteiger partial charge is 0.375 e. The van der Waals surface area contributed by atoms with E-state index in [0.717, 1.165) is 0 Å². The number of alkyl halides is 10. The zero-order valence-electron chi connectivity index (χ0n) is 10.1. The lowest BCUT2D eigenvalue weighted by molar-refractivity contribution is -0.298. The number of rotatable bonds is 8. The van der Waals surface area contributed by atoms with Crippen LogP contribution in [-0.2, 0) is 9.47 Å². The summed E-state index contributed by atoms with van der Waals surface area (Å²) in [7, 11) is 0. The Hall–Kier alpha value is -0.780. The van der Waals surface area contributed by atoms with Crippen LogP contribution in [0.5, 0.6) is 0 Å². The van der Waals surface area contributed by atoms with Gasteiger partial charge in [0.15, 0.2) is 0 Å². The molecule has 0 atom stereocenters. The van der Waals surface area contributed by atoms with E-state index in [4.69, 9.17) is 0 Å². The summed E-state index contributed by atoms with van der Waals surface area (Å²) >= 11 is 0. The Bertz CT molecular complexity index is 279. The lowest BCUT2D eigenvalue weighted by atomic mass is 10.3. The lowest BCUT2D eigenvalue weighted by Gasteiger charge is -2.20. The van der Waals surface area contributed by atoms with Crippen LogP contribution >= 0.6 is 0 Å². The first kappa shape index (κ1) is 20.2. The zero-order chi connectivity index (χ0) is 16.9. The number of halogens is 10. The zero-order valence-corrected chi connectivity index (χ0v) is 10.1. The van der Waals surface area contributed by atoms with Crippen LogP contribution in [0.3, 0.4) is 0 Å². The average molecular weight is 340 g/mol. The molecule has 0 rings (SSSR count). The predicted octanol–water partition coefficient (Wildman–Crippen LogP) is 3.80. The summed E-state index contributed by atoms with van der Waals surface area (Å²) in [6.45, 7) is -5.39. The van der Waals surface area contributed by atoms with Gasteiger partial charge in [-0.05, 0) is 6.42 Å². The molecule has 0 bridgehead atoms. The SMILES string of the molecule is FC(F)(F)C(F)(F)COCCCOCC(F)(F)C(F)(F)F. The fourth-order valence-corrected chi connectivity index (χ4v) is 0.827. The van der Waals surface area contributed by atoms with E-state index in [2.05, 4.69) is 9.47 Å². The largest absolute Gasteiger partial charge is 0.455 e. The van der Waals surface area contributed by atoms with Crippen molar-refractivity contribution in [3.63, 3.8) is 0 Å². The standard InChI is InChI=1S/C9H10F10O2/c10-6(11,8(14,15)16)4-20-2-1-3-21-5-7(12,13)9(17,18)19/h1-5H2. The first-order valence-electron chi connectivity index (χ1n) is 5.25. The van der Waals surface area contributed by atoms with E-state index in [1.54, 1.807) is 0 Å². The molecule has 12 heteroatoms. The van der Waals surface area contributed by atoms with E-state index < -0.39 is 57.0 Å². The van der Waals surface area contributed by atoms with Gasteiger partial charge in [-0.1, -0.05) is 0 Å². The third-order valence-corrected chi connectivity index (χ3v) is 1.97. The van der Waals surface area contributed by atoms with Crippen molar-refractivity contribution in [3.8, 4) is 0 Å². The van der Waals surface area contributed by atoms with E-state index in [9.17, 15) is 43.9 Å². The molecule has 0 saturated heterocycles. The molecule has 0 aromatic carbocycles. The van der Waals surface area contributed by atoms with Crippen LogP contribution in [-0.4, -0.2) is 50.6 Å². The maximum Gasteiger partial charge on any atom is 0.455 e. The molecule has 0 radical (unpaired) electrons. The monoisotopic (exact) mass is 340 g/mol. The maximum absolute atomic E-state index is 12.3. The lowest BCUT2D eigenvalue weighted by Crippen LogP contribution is -2.41. The van der Waals surface area contributed by atoms with Crippen LogP contribution in [0.1, 0.15) is 6.42 Å². The Balaban J connectivity index is 3.81. The number of ether oxygens (including phenoxy) is 2. The van der Waals surface area contributed by atoms with Gasteiger partial charge in [0.25, 0.3) is 0 Å². The fraction of sp³-hybridized carbons (Fsp3) is 1.00.